The second kappa shape index (κ2) is 6.91. The average molecular weight is 278 g/mol. The first kappa shape index (κ1) is 15.1. The number of piperidine rings is 1. The maximum Gasteiger partial charge on any atom is 0.225 e. The Hall–Kier alpha value is -1.32. The maximum absolute atomic E-state index is 12.2. The molecule has 0 saturated carbocycles. The molecule has 0 aromatic rings. The second-order valence-corrected chi connectivity index (χ2v) is 6.24. The smallest absolute Gasteiger partial charge is 0.225 e. The third-order valence-electron chi connectivity index (χ3n) is 4.29. The van der Waals surface area contributed by atoms with Crippen molar-refractivity contribution in [1.29, 1.82) is 0 Å². The summed E-state index contributed by atoms with van der Waals surface area (Å²) < 4.78 is 0. The minimum Gasteiger partial charge on any atom is -0.353 e. The lowest BCUT2D eigenvalue weighted by atomic mass is 9.93. The van der Waals surface area contributed by atoms with E-state index in [2.05, 4.69) is 17.5 Å². The van der Waals surface area contributed by atoms with Crippen molar-refractivity contribution in [3.05, 3.63) is 12.2 Å². The normalized spacial score (nSPS) is 23.9. The fourth-order valence-corrected chi connectivity index (χ4v) is 2.96. The van der Waals surface area contributed by atoms with Gasteiger partial charge in [0.15, 0.2) is 0 Å². The number of likely N-dealkylation sites (tertiary alicyclic amines) is 1. The van der Waals surface area contributed by atoms with E-state index in [4.69, 9.17) is 0 Å². The number of hydrogen-bond donors (Lipinski definition) is 1. The van der Waals surface area contributed by atoms with Crippen LogP contribution in [0.15, 0.2) is 12.2 Å². The monoisotopic (exact) mass is 278 g/mol. The Morgan fingerprint density at radius 3 is 2.40 bits per heavy atom. The first-order chi connectivity index (χ1) is 9.58. The summed E-state index contributed by atoms with van der Waals surface area (Å²) in [6.07, 6.45) is 8.87. The Morgan fingerprint density at radius 1 is 1.15 bits per heavy atom. The molecule has 4 heteroatoms. The Kier molecular flexibility index (Phi) is 5.21. The highest BCUT2D eigenvalue weighted by molar-refractivity contribution is 5.80. The number of allylic oxidation sites excluding steroid dienone is 2. The fourth-order valence-electron chi connectivity index (χ4n) is 2.96. The van der Waals surface area contributed by atoms with Crippen LogP contribution in [0.1, 0.15) is 46.0 Å². The van der Waals surface area contributed by atoms with E-state index in [1.165, 1.54) is 0 Å². The average Bonchev–Trinajstić information content (AvgIpc) is 2.48. The van der Waals surface area contributed by atoms with Crippen molar-refractivity contribution in [3.8, 4) is 0 Å². The van der Waals surface area contributed by atoms with Gasteiger partial charge < -0.3 is 10.2 Å². The predicted octanol–water partition coefficient (Wildman–Crippen LogP) is 2.11. The minimum atomic E-state index is 0.0650. The Bertz CT molecular complexity index is 382. The summed E-state index contributed by atoms with van der Waals surface area (Å²) in [5.41, 5.74) is 0. The van der Waals surface area contributed by atoms with Gasteiger partial charge in [-0.2, -0.15) is 0 Å². The fraction of sp³-hybridized carbons (Fsp3) is 0.750. The van der Waals surface area contributed by atoms with Crippen LogP contribution in [0.2, 0.25) is 0 Å². The molecule has 1 atom stereocenters. The van der Waals surface area contributed by atoms with Gasteiger partial charge in [0.2, 0.25) is 11.8 Å². The van der Waals surface area contributed by atoms with E-state index in [1.807, 2.05) is 18.7 Å². The van der Waals surface area contributed by atoms with Crippen LogP contribution in [-0.4, -0.2) is 35.8 Å². The third-order valence-corrected chi connectivity index (χ3v) is 4.29. The molecule has 0 spiro atoms. The van der Waals surface area contributed by atoms with Crippen molar-refractivity contribution in [2.24, 2.45) is 11.8 Å². The Morgan fingerprint density at radius 2 is 1.85 bits per heavy atom. The molecule has 2 amide bonds. The Balaban J connectivity index is 1.75. The molecule has 1 unspecified atom stereocenters. The van der Waals surface area contributed by atoms with E-state index in [-0.39, 0.29) is 29.7 Å². The summed E-state index contributed by atoms with van der Waals surface area (Å²) in [6.45, 7) is 5.42. The molecule has 20 heavy (non-hydrogen) atoms. The molecule has 2 aliphatic rings. The van der Waals surface area contributed by atoms with E-state index in [1.54, 1.807) is 0 Å². The van der Waals surface area contributed by atoms with Crippen molar-refractivity contribution in [3.63, 3.8) is 0 Å². The second-order valence-electron chi connectivity index (χ2n) is 6.24. The van der Waals surface area contributed by atoms with Gasteiger partial charge in [0, 0.05) is 31.0 Å². The standard InChI is InChI=1S/C16H26N2O2/c1-12(2)16(20)18-10-8-14(9-11-18)17-15(19)13-6-4-3-5-7-13/h3-4,12-14H,5-11H2,1-2H3,(H,17,19). The topological polar surface area (TPSA) is 49.4 Å². The number of amides is 2. The van der Waals surface area contributed by atoms with Crippen LogP contribution in [0, 0.1) is 11.8 Å². The van der Waals surface area contributed by atoms with E-state index in [0.717, 1.165) is 45.2 Å². The molecule has 0 bridgehead atoms. The van der Waals surface area contributed by atoms with Crippen LogP contribution in [-0.2, 0) is 9.59 Å². The van der Waals surface area contributed by atoms with Gasteiger partial charge in [-0.15, -0.1) is 0 Å². The molecule has 1 heterocycles. The van der Waals surface area contributed by atoms with Crippen molar-refractivity contribution in [2.45, 2.75) is 52.0 Å². The van der Waals surface area contributed by atoms with Crippen molar-refractivity contribution < 1.29 is 9.59 Å². The van der Waals surface area contributed by atoms with Crippen LogP contribution in [0.3, 0.4) is 0 Å². The molecule has 0 radical (unpaired) electrons. The number of carbonyl (C=O) groups is 2. The summed E-state index contributed by atoms with van der Waals surface area (Å²) in [5, 5.41) is 3.17. The molecule has 112 valence electrons. The van der Waals surface area contributed by atoms with E-state index in [9.17, 15) is 9.59 Å². The number of rotatable bonds is 3. The van der Waals surface area contributed by atoms with Gasteiger partial charge in [-0.1, -0.05) is 26.0 Å². The Labute approximate surface area is 121 Å². The van der Waals surface area contributed by atoms with Gasteiger partial charge in [0.05, 0.1) is 0 Å². The van der Waals surface area contributed by atoms with Crippen molar-refractivity contribution >= 4 is 11.8 Å². The first-order valence-corrected chi connectivity index (χ1v) is 7.82. The quantitative estimate of drug-likeness (QED) is 0.804. The number of carbonyl (C=O) groups excluding carboxylic acids is 2. The molecule has 1 N–H and O–H groups in total. The van der Waals surface area contributed by atoms with E-state index < -0.39 is 0 Å². The van der Waals surface area contributed by atoms with Gasteiger partial charge in [0.1, 0.15) is 0 Å². The summed E-state index contributed by atoms with van der Waals surface area (Å²) in [4.78, 5) is 26.0. The van der Waals surface area contributed by atoms with Crippen LogP contribution in [0.5, 0.6) is 0 Å². The predicted molar refractivity (Wildman–Crippen MR) is 79.1 cm³/mol. The van der Waals surface area contributed by atoms with Gasteiger partial charge in [0.25, 0.3) is 0 Å². The molecular weight excluding hydrogens is 252 g/mol. The van der Waals surface area contributed by atoms with Crippen LogP contribution in [0.25, 0.3) is 0 Å². The highest BCUT2D eigenvalue weighted by Crippen LogP contribution is 2.19. The lowest BCUT2D eigenvalue weighted by molar-refractivity contribution is -0.135. The number of hydrogen-bond acceptors (Lipinski definition) is 2. The molecule has 0 aromatic heterocycles. The molecule has 1 saturated heterocycles. The molecular formula is C16H26N2O2. The third kappa shape index (κ3) is 3.84. The lowest BCUT2D eigenvalue weighted by Gasteiger charge is -2.34. The number of nitrogens with zero attached hydrogens (tertiary/aromatic N) is 1. The lowest BCUT2D eigenvalue weighted by Crippen LogP contribution is -2.48. The summed E-state index contributed by atoms with van der Waals surface area (Å²) in [5.74, 6) is 0.640. The SMILES string of the molecule is CC(C)C(=O)N1CCC(NC(=O)C2CC=CCC2)CC1. The zero-order valence-electron chi connectivity index (χ0n) is 12.6. The van der Waals surface area contributed by atoms with Crippen LogP contribution < -0.4 is 5.32 Å². The van der Waals surface area contributed by atoms with Crippen molar-refractivity contribution in [1.82, 2.24) is 10.2 Å². The van der Waals surface area contributed by atoms with Crippen molar-refractivity contribution in [2.75, 3.05) is 13.1 Å². The largest absolute Gasteiger partial charge is 0.353 e. The molecule has 1 aliphatic carbocycles. The number of nitrogens with one attached hydrogen (secondary N) is 1. The van der Waals surface area contributed by atoms with Gasteiger partial charge in [-0.25, -0.2) is 0 Å². The molecule has 0 aromatic carbocycles. The van der Waals surface area contributed by atoms with Gasteiger partial charge in [-0.3, -0.25) is 9.59 Å². The zero-order chi connectivity index (χ0) is 14.5. The van der Waals surface area contributed by atoms with Crippen LogP contribution in [0.4, 0.5) is 0 Å². The highest BCUT2D eigenvalue weighted by Gasteiger charge is 2.27. The van der Waals surface area contributed by atoms with Crippen LogP contribution >= 0.6 is 0 Å². The molecule has 1 fully saturated rings. The van der Waals surface area contributed by atoms with E-state index >= 15 is 0 Å². The molecule has 2 rings (SSSR count). The summed E-state index contributed by atoms with van der Waals surface area (Å²) in [7, 11) is 0. The summed E-state index contributed by atoms with van der Waals surface area (Å²) >= 11 is 0. The molecule has 1 aliphatic heterocycles. The molecule has 4 nitrogen and oxygen atoms in total. The highest BCUT2D eigenvalue weighted by atomic mass is 16.2. The first-order valence-electron chi connectivity index (χ1n) is 7.82. The minimum absolute atomic E-state index is 0.0650. The van der Waals surface area contributed by atoms with Gasteiger partial charge >= 0.3 is 0 Å². The van der Waals surface area contributed by atoms with Gasteiger partial charge in [-0.05, 0) is 32.1 Å². The summed E-state index contributed by atoms with van der Waals surface area (Å²) in [6, 6.07) is 0.240. The maximum atomic E-state index is 12.2. The van der Waals surface area contributed by atoms with E-state index in [0.29, 0.717) is 0 Å². The zero-order valence-corrected chi connectivity index (χ0v) is 12.6.